The molecule has 5 rings (SSSR count). The molecular weight excluding hydrogens is 406 g/mol. The van der Waals surface area contributed by atoms with Crippen LogP contribution in [-0.2, 0) is 27.1 Å². The number of fused-ring (bicyclic) bond motifs is 2. The Morgan fingerprint density at radius 1 is 1.28 bits per heavy atom. The third kappa shape index (κ3) is 5.21. The molecule has 7 heteroatoms. The Kier molecular flexibility index (Phi) is 6.28. The summed E-state index contributed by atoms with van der Waals surface area (Å²) in [6.07, 6.45) is 7.24. The van der Waals surface area contributed by atoms with Crippen LogP contribution in [0.25, 0.3) is 0 Å². The van der Waals surface area contributed by atoms with E-state index in [1.807, 2.05) is 11.1 Å². The van der Waals surface area contributed by atoms with Crippen LogP contribution in [0.3, 0.4) is 0 Å². The Morgan fingerprint density at radius 3 is 2.97 bits per heavy atom. The number of hydrogen-bond acceptors (Lipinski definition) is 6. The van der Waals surface area contributed by atoms with Gasteiger partial charge < -0.3 is 19.5 Å². The van der Waals surface area contributed by atoms with Crippen molar-refractivity contribution in [2.75, 3.05) is 26.4 Å². The fraction of sp³-hybridized carbons (Fsp3) is 0.640. The number of nitrogens with zero attached hydrogens (tertiary/aromatic N) is 1. The molecule has 3 heterocycles. The second kappa shape index (κ2) is 9.32. The molecular formula is C25H35N3O4. The van der Waals surface area contributed by atoms with Gasteiger partial charge in [-0.25, -0.2) is 5.43 Å². The van der Waals surface area contributed by atoms with Crippen molar-refractivity contribution < 1.29 is 19.0 Å². The molecule has 1 aliphatic carbocycles. The standard InChI is InChI=1S/C25H35N3O4/c1-16(2)9-18-5-6-23-19(10-18)11-20(14-31-23)26-25(29)22-12-24-28(27-22)8-7-21(32-24)15-30-13-17-3-4-17/h5-6,10,12,16-17,20-22,27H,3-4,7-9,11,13-15H2,1-2H3,(H,26,29). The molecule has 0 aromatic heterocycles. The van der Waals surface area contributed by atoms with Gasteiger partial charge in [-0.15, -0.1) is 0 Å². The van der Waals surface area contributed by atoms with Crippen molar-refractivity contribution in [2.24, 2.45) is 11.8 Å². The minimum Gasteiger partial charge on any atom is -0.491 e. The predicted molar refractivity (Wildman–Crippen MR) is 121 cm³/mol. The minimum absolute atomic E-state index is 0.0355. The molecule has 3 atom stereocenters. The maximum atomic E-state index is 12.9. The quantitative estimate of drug-likeness (QED) is 0.646. The SMILES string of the molecule is CC(C)Cc1ccc2c(c1)CC(NC(=O)C1C=C3OC(COCC4CC4)CCN3N1)CO2. The number of hydrazine groups is 1. The van der Waals surface area contributed by atoms with Crippen molar-refractivity contribution in [2.45, 2.75) is 64.1 Å². The maximum absolute atomic E-state index is 12.9. The molecule has 0 bridgehead atoms. The van der Waals surface area contributed by atoms with Crippen LogP contribution in [0.2, 0.25) is 0 Å². The highest BCUT2D eigenvalue weighted by Gasteiger charge is 2.35. The summed E-state index contributed by atoms with van der Waals surface area (Å²) >= 11 is 0. The highest BCUT2D eigenvalue weighted by Crippen LogP contribution is 2.30. The number of ether oxygens (including phenoxy) is 3. The van der Waals surface area contributed by atoms with Gasteiger partial charge >= 0.3 is 0 Å². The monoisotopic (exact) mass is 441 g/mol. The van der Waals surface area contributed by atoms with E-state index >= 15 is 0 Å². The highest BCUT2D eigenvalue weighted by atomic mass is 16.5. The number of hydrogen-bond donors (Lipinski definition) is 2. The van der Waals surface area contributed by atoms with Gasteiger partial charge in [0.05, 0.1) is 12.6 Å². The lowest BCUT2D eigenvalue weighted by Gasteiger charge is -2.33. The van der Waals surface area contributed by atoms with E-state index in [1.54, 1.807) is 0 Å². The lowest BCUT2D eigenvalue weighted by Crippen LogP contribution is -2.52. The normalized spacial score (nSPS) is 26.7. The third-order valence-electron chi connectivity index (χ3n) is 6.49. The number of nitrogens with one attached hydrogen (secondary N) is 2. The van der Waals surface area contributed by atoms with E-state index in [4.69, 9.17) is 14.2 Å². The van der Waals surface area contributed by atoms with E-state index in [9.17, 15) is 4.79 Å². The molecule has 1 saturated carbocycles. The summed E-state index contributed by atoms with van der Waals surface area (Å²) in [4.78, 5) is 12.9. The van der Waals surface area contributed by atoms with Crippen molar-refractivity contribution >= 4 is 5.91 Å². The second-order valence-electron chi connectivity index (χ2n) is 10.0. The van der Waals surface area contributed by atoms with Crippen LogP contribution in [-0.4, -0.2) is 55.5 Å². The minimum atomic E-state index is -0.426. The Morgan fingerprint density at radius 2 is 2.16 bits per heavy atom. The zero-order chi connectivity index (χ0) is 22.1. The molecule has 4 aliphatic rings. The smallest absolute Gasteiger partial charge is 0.243 e. The molecule has 2 N–H and O–H groups in total. The van der Waals surface area contributed by atoms with Gasteiger partial charge in [0.1, 0.15) is 24.5 Å². The first-order valence-corrected chi connectivity index (χ1v) is 12.1. The Labute approximate surface area is 190 Å². The molecule has 1 amide bonds. The van der Waals surface area contributed by atoms with E-state index < -0.39 is 6.04 Å². The van der Waals surface area contributed by atoms with Crippen LogP contribution < -0.4 is 15.5 Å². The van der Waals surface area contributed by atoms with Crippen LogP contribution in [0.15, 0.2) is 30.2 Å². The summed E-state index contributed by atoms with van der Waals surface area (Å²) in [7, 11) is 0. The number of benzene rings is 1. The van der Waals surface area contributed by atoms with E-state index in [-0.39, 0.29) is 18.1 Å². The summed E-state index contributed by atoms with van der Waals surface area (Å²) in [5.74, 6) is 2.99. The highest BCUT2D eigenvalue weighted by molar-refractivity contribution is 5.84. The molecule has 3 unspecified atom stereocenters. The van der Waals surface area contributed by atoms with Gasteiger partial charge in [0.2, 0.25) is 11.8 Å². The molecule has 2 fully saturated rings. The van der Waals surface area contributed by atoms with Gasteiger partial charge in [0.25, 0.3) is 0 Å². The summed E-state index contributed by atoms with van der Waals surface area (Å²) < 4.78 is 17.8. The molecule has 1 saturated heterocycles. The lowest BCUT2D eigenvalue weighted by molar-refractivity contribution is -0.124. The summed E-state index contributed by atoms with van der Waals surface area (Å²) in [5, 5.41) is 5.10. The molecule has 1 aromatic rings. The zero-order valence-electron chi connectivity index (χ0n) is 19.1. The van der Waals surface area contributed by atoms with Gasteiger partial charge in [-0.05, 0) is 54.7 Å². The maximum Gasteiger partial charge on any atom is 0.243 e. The van der Waals surface area contributed by atoms with Crippen LogP contribution in [0.4, 0.5) is 0 Å². The first kappa shape index (κ1) is 21.6. The summed E-state index contributed by atoms with van der Waals surface area (Å²) in [6.45, 7) is 7.22. The first-order valence-electron chi connectivity index (χ1n) is 12.1. The summed E-state index contributed by atoms with van der Waals surface area (Å²) in [5.41, 5.74) is 5.75. The van der Waals surface area contributed by atoms with Crippen molar-refractivity contribution in [3.63, 3.8) is 0 Å². The number of rotatable bonds is 8. The molecule has 7 nitrogen and oxygen atoms in total. The fourth-order valence-electron chi connectivity index (χ4n) is 4.61. The van der Waals surface area contributed by atoms with Crippen molar-refractivity contribution in [1.29, 1.82) is 0 Å². The number of amides is 1. The average Bonchev–Trinajstić information content (AvgIpc) is 3.49. The van der Waals surface area contributed by atoms with Crippen LogP contribution in [0.1, 0.15) is 44.2 Å². The van der Waals surface area contributed by atoms with Crippen LogP contribution in [0, 0.1) is 11.8 Å². The Hall–Kier alpha value is -2.25. The van der Waals surface area contributed by atoms with Gasteiger partial charge in [-0.1, -0.05) is 26.0 Å². The van der Waals surface area contributed by atoms with Crippen molar-refractivity contribution in [1.82, 2.24) is 15.8 Å². The Bertz CT molecular complexity index is 867. The summed E-state index contributed by atoms with van der Waals surface area (Å²) in [6, 6.07) is 5.97. The van der Waals surface area contributed by atoms with Crippen molar-refractivity contribution in [3.05, 3.63) is 41.3 Å². The molecule has 0 radical (unpaired) electrons. The zero-order valence-corrected chi connectivity index (χ0v) is 19.1. The number of carbonyl (C=O) groups excluding carboxylic acids is 1. The van der Waals surface area contributed by atoms with Gasteiger partial charge in [0, 0.05) is 25.6 Å². The van der Waals surface area contributed by atoms with E-state index in [1.165, 1.54) is 24.0 Å². The van der Waals surface area contributed by atoms with Crippen LogP contribution >= 0.6 is 0 Å². The topological polar surface area (TPSA) is 72.1 Å². The third-order valence-corrected chi connectivity index (χ3v) is 6.49. The number of carbonyl (C=O) groups is 1. The molecule has 32 heavy (non-hydrogen) atoms. The van der Waals surface area contributed by atoms with Crippen LogP contribution in [0.5, 0.6) is 5.75 Å². The fourth-order valence-corrected chi connectivity index (χ4v) is 4.61. The van der Waals surface area contributed by atoms with Gasteiger partial charge in [-0.3, -0.25) is 9.80 Å². The molecule has 3 aliphatic heterocycles. The Balaban J connectivity index is 1.13. The molecule has 1 aromatic carbocycles. The molecule has 0 spiro atoms. The van der Waals surface area contributed by atoms with Gasteiger partial charge in [-0.2, -0.15) is 0 Å². The van der Waals surface area contributed by atoms with E-state index in [0.717, 1.165) is 50.0 Å². The molecule has 174 valence electrons. The largest absolute Gasteiger partial charge is 0.491 e. The van der Waals surface area contributed by atoms with E-state index in [0.29, 0.717) is 19.1 Å². The van der Waals surface area contributed by atoms with E-state index in [2.05, 4.69) is 42.8 Å². The lowest BCUT2D eigenvalue weighted by atomic mass is 9.96. The second-order valence-corrected chi connectivity index (χ2v) is 10.0. The van der Waals surface area contributed by atoms with Gasteiger partial charge in [0.15, 0.2) is 0 Å². The average molecular weight is 442 g/mol. The first-order chi connectivity index (χ1) is 15.5. The predicted octanol–water partition coefficient (Wildman–Crippen LogP) is 2.55. The van der Waals surface area contributed by atoms with Crippen molar-refractivity contribution in [3.8, 4) is 5.75 Å².